The molecule has 27 heavy (non-hydrogen) atoms. The van der Waals surface area contributed by atoms with E-state index in [4.69, 9.17) is 4.74 Å². The number of nitrogens with zero attached hydrogens (tertiary/aromatic N) is 1. The molecular weight excluding hydrogens is 406 g/mol. The van der Waals surface area contributed by atoms with Crippen molar-refractivity contribution in [3.63, 3.8) is 0 Å². The molecule has 1 unspecified atom stereocenters. The fourth-order valence-electron chi connectivity index (χ4n) is 2.96. The van der Waals surface area contributed by atoms with Gasteiger partial charge in [0.15, 0.2) is 0 Å². The molecule has 1 N–H and O–H groups in total. The number of para-hydroxylation sites is 1. The number of ether oxygens (including phenoxy) is 1. The van der Waals surface area contributed by atoms with Gasteiger partial charge in [-0.3, -0.25) is 4.79 Å². The zero-order chi connectivity index (χ0) is 19.9. The molecule has 0 saturated carbocycles. The SMILES string of the molecule is C=CCc1ccccc1OCC(O)C[N+](C)(C)CC(=O)c1ccc(Br)cc1. The standard InChI is InChI=1S/C22H27BrNO3/c1-4-7-18-8-5-6-9-22(18)27-16-20(25)14-24(2,3)15-21(26)17-10-12-19(23)13-11-17/h4-6,8-13,20,25H,1,7,14-16H2,2-3H3/q+1. The summed E-state index contributed by atoms with van der Waals surface area (Å²) < 4.78 is 7.13. The van der Waals surface area contributed by atoms with Gasteiger partial charge in [-0.05, 0) is 30.2 Å². The minimum Gasteiger partial charge on any atom is -0.490 e. The van der Waals surface area contributed by atoms with Crippen LogP contribution in [0.2, 0.25) is 0 Å². The number of quaternary nitrogens is 1. The summed E-state index contributed by atoms with van der Waals surface area (Å²) >= 11 is 3.37. The fraction of sp³-hybridized carbons (Fsp3) is 0.318. The van der Waals surface area contributed by atoms with Gasteiger partial charge < -0.3 is 14.3 Å². The maximum Gasteiger partial charge on any atom is 0.216 e. The summed E-state index contributed by atoms with van der Waals surface area (Å²) in [5, 5.41) is 10.4. The minimum absolute atomic E-state index is 0.0527. The van der Waals surface area contributed by atoms with E-state index in [0.29, 0.717) is 23.1 Å². The minimum atomic E-state index is -0.672. The van der Waals surface area contributed by atoms with Crippen molar-refractivity contribution in [1.82, 2.24) is 0 Å². The van der Waals surface area contributed by atoms with E-state index >= 15 is 0 Å². The molecule has 0 bridgehead atoms. The van der Waals surface area contributed by atoms with Crippen LogP contribution in [0.15, 0.2) is 65.7 Å². The molecule has 0 radical (unpaired) electrons. The van der Waals surface area contributed by atoms with Gasteiger partial charge in [0.25, 0.3) is 0 Å². The predicted molar refractivity (Wildman–Crippen MR) is 112 cm³/mol. The van der Waals surface area contributed by atoms with Gasteiger partial charge in [-0.25, -0.2) is 0 Å². The molecule has 2 rings (SSSR count). The zero-order valence-corrected chi connectivity index (χ0v) is 17.5. The number of Topliss-reactive ketones (excluding diaryl/α,β-unsaturated/α-hetero) is 1. The van der Waals surface area contributed by atoms with Crippen molar-refractivity contribution in [3.8, 4) is 5.75 Å². The van der Waals surface area contributed by atoms with Gasteiger partial charge in [0, 0.05) is 10.0 Å². The Kier molecular flexibility index (Phi) is 7.78. The number of rotatable bonds is 10. The first-order chi connectivity index (χ1) is 12.8. The van der Waals surface area contributed by atoms with Crippen LogP contribution in [0.4, 0.5) is 0 Å². The first-order valence-electron chi connectivity index (χ1n) is 8.91. The van der Waals surface area contributed by atoms with Crippen LogP contribution in [0.1, 0.15) is 15.9 Å². The lowest BCUT2D eigenvalue weighted by atomic mass is 10.1. The molecule has 0 aliphatic carbocycles. The monoisotopic (exact) mass is 432 g/mol. The van der Waals surface area contributed by atoms with Crippen LogP contribution in [0.25, 0.3) is 0 Å². The number of carbonyl (C=O) groups excluding carboxylic acids is 1. The van der Waals surface area contributed by atoms with Crippen molar-refractivity contribution in [2.24, 2.45) is 0 Å². The molecule has 0 saturated heterocycles. The van der Waals surface area contributed by atoms with E-state index in [2.05, 4.69) is 22.5 Å². The van der Waals surface area contributed by atoms with Gasteiger partial charge in [-0.2, -0.15) is 0 Å². The number of carbonyl (C=O) groups is 1. The third-order valence-electron chi connectivity index (χ3n) is 4.21. The third kappa shape index (κ3) is 6.94. The fourth-order valence-corrected chi connectivity index (χ4v) is 3.22. The second kappa shape index (κ2) is 9.83. The number of aliphatic hydroxyl groups excluding tert-OH is 1. The molecule has 0 aromatic heterocycles. The highest BCUT2D eigenvalue weighted by Crippen LogP contribution is 2.19. The Bertz CT molecular complexity index is 771. The lowest BCUT2D eigenvalue weighted by Crippen LogP contribution is -2.49. The summed E-state index contributed by atoms with van der Waals surface area (Å²) in [5.74, 6) is 0.810. The Morgan fingerprint density at radius 1 is 1.22 bits per heavy atom. The molecule has 0 aliphatic heterocycles. The molecule has 144 valence electrons. The molecule has 0 spiro atoms. The highest BCUT2D eigenvalue weighted by atomic mass is 79.9. The first-order valence-corrected chi connectivity index (χ1v) is 9.70. The van der Waals surface area contributed by atoms with E-state index in [1.807, 2.05) is 68.7 Å². The van der Waals surface area contributed by atoms with Gasteiger partial charge in [-0.15, -0.1) is 6.58 Å². The van der Waals surface area contributed by atoms with Gasteiger partial charge in [-0.1, -0.05) is 52.3 Å². The van der Waals surface area contributed by atoms with Gasteiger partial charge in [0.2, 0.25) is 5.78 Å². The normalized spacial score (nSPS) is 12.4. The summed E-state index contributed by atoms with van der Waals surface area (Å²) in [6.07, 6.45) is 1.87. The van der Waals surface area contributed by atoms with Crippen LogP contribution in [-0.4, -0.2) is 55.3 Å². The summed E-state index contributed by atoms with van der Waals surface area (Å²) in [4.78, 5) is 12.5. The van der Waals surface area contributed by atoms with Gasteiger partial charge >= 0.3 is 0 Å². The van der Waals surface area contributed by atoms with Crippen LogP contribution < -0.4 is 4.74 Å². The molecule has 2 aromatic rings. The van der Waals surface area contributed by atoms with Crippen molar-refractivity contribution in [2.75, 3.05) is 33.8 Å². The van der Waals surface area contributed by atoms with Crippen molar-refractivity contribution in [1.29, 1.82) is 0 Å². The third-order valence-corrected chi connectivity index (χ3v) is 4.74. The van der Waals surface area contributed by atoms with Crippen molar-refractivity contribution < 1.29 is 19.1 Å². The number of halogens is 1. The lowest BCUT2D eigenvalue weighted by molar-refractivity contribution is -0.885. The Labute approximate surface area is 169 Å². The number of allylic oxidation sites excluding steroid dienone is 1. The molecule has 0 aliphatic rings. The topological polar surface area (TPSA) is 46.5 Å². The Hall–Kier alpha value is -1.95. The smallest absolute Gasteiger partial charge is 0.216 e. The van der Waals surface area contributed by atoms with E-state index < -0.39 is 6.10 Å². The summed E-state index contributed by atoms with van der Waals surface area (Å²) in [6, 6.07) is 15.1. The summed E-state index contributed by atoms with van der Waals surface area (Å²) in [6.45, 7) is 4.67. The predicted octanol–water partition coefficient (Wildman–Crippen LogP) is 3.88. The van der Waals surface area contributed by atoms with Crippen molar-refractivity contribution in [2.45, 2.75) is 12.5 Å². The van der Waals surface area contributed by atoms with E-state index in [0.717, 1.165) is 22.2 Å². The number of ketones is 1. The zero-order valence-electron chi connectivity index (χ0n) is 15.9. The lowest BCUT2D eigenvalue weighted by Gasteiger charge is -2.31. The van der Waals surface area contributed by atoms with E-state index in [9.17, 15) is 9.90 Å². The van der Waals surface area contributed by atoms with Crippen LogP contribution in [-0.2, 0) is 6.42 Å². The number of hydrogen-bond donors (Lipinski definition) is 1. The molecule has 5 heteroatoms. The molecule has 4 nitrogen and oxygen atoms in total. The number of benzene rings is 2. The average Bonchev–Trinajstić information content (AvgIpc) is 2.61. The molecule has 0 amide bonds. The number of likely N-dealkylation sites (N-methyl/N-ethyl adjacent to an activating group) is 1. The molecule has 0 heterocycles. The van der Waals surface area contributed by atoms with E-state index in [-0.39, 0.29) is 12.4 Å². The highest BCUT2D eigenvalue weighted by molar-refractivity contribution is 9.10. The van der Waals surface area contributed by atoms with Gasteiger partial charge in [0.1, 0.15) is 31.5 Å². The van der Waals surface area contributed by atoms with Crippen LogP contribution in [0, 0.1) is 0 Å². The Balaban J connectivity index is 1.90. The highest BCUT2D eigenvalue weighted by Gasteiger charge is 2.25. The number of aliphatic hydroxyl groups is 1. The van der Waals surface area contributed by atoms with Crippen LogP contribution >= 0.6 is 15.9 Å². The second-order valence-electron chi connectivity index (χ2n) is 7.27. The Morgan fingerprint density at radius 2 is 1.89 bits per heavy atom. The molecule has 1 atom stereocenters. The summed E-state index contributed by atoms with van der Waals surface area (Å²) in [5.41, 5.74) is 1.72. The molecule has 0 fully saturated rings. The largest absolute Gasteiger partial charge is 0.490 e. The first kappa shape index (κ1) is 21.4. The average molecular weight is 433 g/mol. The summed E-state index contributed by atoms with van der Waals surface area (Å²) in [7, 11) is 3.87. The van der Waals surface area contributed by atoms with Crippen molar-refractivity contribution >= 4 is 21.7 Å². The van der Waals surface area contributed by atoms with Crippen LogP contribution in [0.5, 0.6) is 5.75 Å². The van der Waals surface area contributed by atoms with Crippen molar-refractivity contribution in [3.05, 3.63) is 76.8 Å². The molecular formula is C22H27BrNO3+. The quantitative estimate of drug-likeness (QED) is 0.352. The number of hydrogen-bond acceptors (Lipinski definition) is 3. The van der Waals surface area contributed by atoms with Crippen LogP contribution in [0.3, 0.4) is 0 Å². The van der Waals surface area contributed by atoms with E-state index in [1.54, 1.807) is 0 Å². The van der Waals surface area contributed by atoms with Gasteiger partial charge in [0.05, 0.1) is 14.1 Å². The maximum absolute atomic E-state index is 12.5. The maximum atomic E-state index is 12.5. The Morgan fingerprint density at radius 3 is 2.56 bits per heavy atom. The molecule has 2 aromatic carbocycles. The second-order valence-corrected chi connectivity index (χ2v) is 8.19. The van der Waals surface area contributed by atoms with E-state index in [1.165, 1.54) is 0 Å².